The van der Waals surface area contributed by atoms with Gasteiger partial charge in [-0.3, -0.25) is 0 Å². The molecule has 6 heteroatoms. The van der Waals surface area contributed by atoms with Crippen LogP contribution < -0.4 is 20.7 Å². The number of benzene rings is 8. The van der Waals surface area contributed by atoms with Gasteiger partial charge in [0.2, 0.25) is 0 Å². The second kappa shape index (κ2) is 15.9. The summed E-state index contributed by atoms with van der Waals surface area (Å²) in [6.45, 7) is 2.17. The molecule has 0 spiro atoms. The summed E-state index contributed by atoms with van der Waals surface area (Å²) in [6, 6.07) is 82.3. The summed E-state index contributed by atoms with van der Waals surface area (Å²) < 4.78 is 6.84. The number of rotatable bonds is 8. The third-order valence-electron chi connectivity index (χ3n) is 11.9. The molecule has 0 aliphatic carbocycles. The molecule has 0 saturated heterocycles. The summed E-state index contributed by atoms with van der Waals surface area (Å²) in [5.74, 6) is 0.863. The zero-order valence-corrected chi connectivity index (χ0v) is 36.7. The minimum Gasteiger partial charge on any atom is -0.319 e. The van der Waals surface area contributed by atoms with Crippen LogP contribution in [0.15, 0.2) is 219 Å². The monoisotopic (exact) mass is 978 g/mol. The molecule has 0 aliphatic heterocycles. The molecule has 0 atom stereocenters. The van der Waals surface area contributed by atoms with Gasteiger partial charge in [-0.15, -0.1) is 17.5 Å². The van der Waals surface area contributed by atoms with Crippen LogP contribution in [0.3, 0.4) is 0 Å². The van der Waals surface area contributed by atoms with Crippen molar-refractivity contribution < 1.29 is 21.1 Å². The van der Waals surface area contributed by atoms with Gasteiger partial charge in [0.25, 0.3) is 0 Å². The van der Waals surface area contributed by atoms with E-state index in [2.05, 4.69) is 245 Å². The van der Waals surface area contributed by atoms with E-state index in [1.807, 2.05) is 6.20 Å². The molecule has 0 aliphatic rings. The Hall–Kier alpha value is -6.91. The van der Waals surface area contributed by atoms with Crippen LogP contribution in [0.5, 0.6) is 0 Å². The zero-order chi connectivity index (χ0) is 40.0. The summed E-state index contributed by atoms with van der Waals surface area (Å²) >= 11 is 0. The number of hydrogen-bond acceptors (Lipinski definition) is 1. The minimum absolute atomic E-state index is 0. The zero-order valence-electron chi connectivity index (χ0n) is 33.4. The molecule has 4 nitrogen and oxygen atoms in total. The molecule has 3 aromatic heterocycles. The van der Waals surface area contributed by atoms with Crippen LogP contribution in [0.1, 0.15) is 5.56 Å². The normalized spacial score (nSPS) is 11.6. The van der Waals surface area contributed by atoms with Crippen LogP contribution in [-0.2, 0) is 21.1 Å². The van der Waals surface area contributed by atoms with Gasteiger partial charge in [-0.05, 0) is 69.7 Å². The summed E-state index contributed by atoms with van der Waals surface area (Å²) in [5.41, 5.74) is 10.00. The van der Waals surface area contributed by atoms with Crippen molar-refractivity contribution >= 4 is 61.7 Å². The third-order valence-corrected chi connectivity index (χ3v) is 16.5. The third kappa shape index (κ3) is 6.40. The van der Waals surface area contributed by atoms with Gasteiger partial charge in [0, 0.05) is 50.6 Å². The number of pyridine rings is 1. The summed E-state index contributed by atoms with van der Waals surface area (Å²) in [6.07, 6.45) is 4.13. The molecule has 0 radical (unpaired) electrons. The maximum absolute atomic E-state index is 5.04. The van der Waals surface area contributed by atoms with Gasteiger partial charge in [-0.25, -0.2) is 9.55 Å². The van der Waals surface area contributed by atoms with E-state index >= 15 is 0 Å². The number of hydrogen-bond donors (Lipinski definition) is 0. The molecule has 11 rings (SSSR count). The smallest absolute Gasteiger partial charge is 0.168 e. The SMILES string of the molecule is Cc1ccccc1-c1ccnc(-n2c3[c-]c([Si](c4[c-]c(-n5[cH+]n(-c6ccccc6)c6ccccc65)ccc4)(c4ccccc4)c4ccccc4)ccc3c3ccccc32)c1.[Pt]. The van der Waals surface area contributed by atoms with Gasteiger partial charge in [0.15, 0.2) is 17.4 Å². The Kier molecular flexibility index (Phi) is 10.0. The molecular formula is C55H39N4PtSi-. The van der Waals surface area contributed by atoms with Gasteiger partial charge < -0.3 is 4.57 Å². The van der Waals surface area contributed by atoms with Crippen molar-refractivity contribution in [1.29, 1.82) is 0 Å². The van der Waals surface area contributed by atoms with Crippen LogP contribution in [-0.4, -0.2) is 26.8 Å². The number of aryl methyl sites for hydroxylation is 1. The Morgan fingerprint density at radius 1 is 0.508 bits per heavy atom. The Labute approximate surface area is 370 Å². The minimum atomic E-state index is -3.11. The van der Waals surface area contributed by atoms with E-state index < -0.39 is 8.07 Å². The van der Waals surface area contributed by atoms with Crippen molar-refractivity contribution in [2.75, 3.05) is 0 Å². The van der Waals surface area contributed by atoms with E-state index in [9.17, 15) is 0 Å². The first-order valence-electron chi connectivity index (χ1n) is 20.4. The van der Waals surface area contributed by atoms with E-state index in [0.29, 0.717) is 0 Å². The fourth-order valence-electron chi connectivity index (χ4n) is 9.18. The first-order valence-corrected chi connectivity index (χ1v) is 22.4. The number of imidazole rings is 1. The average molecular weight is 979 g/mol. The summed E-state index contributed by atoms with van der Waals surface area (Å²) in [7, 11) is -3.11. The molecule has 0 unspecified atom stereocenters. The molecule has 0 saturated carbocycles. The Balaban J connectivity index is 0.00000445. The van der Waals surface area contributed by atoms with Gasteiger partial charge in [-0.2, -0.15) is 45.3 Å². The fraction of sp³-hybridized carbons (Fsp3) is 0.0182. The van der Waals surface area contributed by atoms with Crippen molar-refractivity contribution in [3.05, 3.63) is 236 Å². The predicted octanol–water partition coefficient (Wildman–Crippen LogP) is 10.1. The molecule has 0 amide bonds. The predicted molar refractivity (Wildman–Crippen MR) is 251 cm³/mol. The topological polar surface area (TPSA) is 27.7 Å². The maximum atomic E-state index is 5.04. The Morgan fingerprint density at radius 3 is 1.84 bits per heavy atom. The van der Waals surface area contributed by atoms with Crippen LogP contribution in [0, 0.1) is 19.1 Å². The van der Waals surface area contributed by atoms with Crippen molar-refractivity contribution in [3.8, 4) is 28.3 Å². The van der Waals surface area contributed by atoms with E-state index in [-0.39, 0.29) is 21.1 Å². The molecule has 0 fully saturated rings. The van der Waals surface area contributed by atoms with Gasteiger partial charge in [-0.1, -0.05) is 139 Å². The average Bonchev–Trinajstić information content (AvgIpc) is 3.87. The molecule has 11 aromatic rings. The fourth-order valence-corrected chi connectivity index (χ4v) is 13.7. The first-order chi connectivity index (χ1) is 29.7. The second-order valence-electron chi connectivity index (χ2n) is 15.3. The van der Waals surface area contributed by atoms with Crippen LogP contribution in [0.4, 0.5) is 0 Å². The molecule has 61 heavy (non-hydrogen) atoms. The summed E-state index contributed by atoms with van der Waals surface area (Å²) in [4.78, 5) is 5.04. The first kappa shape index (κ1) is 38.3. The molecule has 8 aromatic carbocycles. The summed E-state index contributed by atoms with van der Waals surface area (Å²) in [5, 5.41) is 7.14. The van der Waals surface area contributed by atoms with E-state index in [1.54, 1.807) is 0 Å². The second-order valence-corrected chi connectivity index (χ2v) is 19.0. The van der Waals surface area contributed by atoms with Crippen molar-refractivity contribution in [2.45, 2.75) is 6.92 Å². The van der Waals surface area contributed by atoms with Crippen molar-refractivity contribution in [1.82, 2.24) is 18.7 Å². The van der Waals surface area contributed by atoms with E-state index in [4.69, 9.17) is 4.98 Å². The van der Waals surface area contributed by atoms with Crippen molar-refractivity contribution in [2.24, 2.45) is 0 Å². The quantitative estimate of drug-likeness (QED) is 0.0847. The molecule has 3 heterocycles. The Bertz CT molecular complexity index is 3300. The molecule has 0 bridgehead atoms. The van der Waals surface area contributed by atoms with Crippen molar-refractivity contribution in [3.63, 3.8) is 0 Å². The standard InChI is InChI=1S/C55H39N4Si.Pt/c1-40-18-11-12-27-48(40)41-34-35-56-55(36-41)59-51-29-14-13-28-49(51)50-33-32-47(38-54(50)59)60(44-22-7-3-8-23-44,45-24-9-4-10-25-45)46-26-17-21-43(37-46)58-39-57(42-19-5-2-6-20-42)52-30-15-16-31-53(52)58;/h2-36,39H,1H3;/q-1;. The van der Waals surface area contributed by atoms with Gasteiger partial charge in [0.1, 0.15) is 19.6 Å². The van der Waals surface area contributed by atoms with Crippen LogP contribution in [0.25, 0.3) is 61.2 Å². The van der Waals surface area contributed by atoms with Crippen LogP contribution >= 0.6 is 0 Å². The van der Waals surface area contributed by atoms with Gasteiger partial charge >= 0.3 is 0 Å². The molecular weight excluding hydrogens is 940 g/mol. The maximum Gasteiger partial charge on any atom is 0.168 e. The van der Waals surface area contributed by atoms with Crippen LogP contribution in [0.2, 0.25) is 0 Å². The van der Waals surface area contributed by atoms with Gasteiger partial charge in [0.05, 0.1) is 0 Å². The number of fused-ring (bicyclic) bond motifs is 4. The Morgan fingerprint density at radius 2 is 1.11 bits per heavy atom. The van der Waals surface area contributed by atoms with E-state index in [1.165, 1.54) is 26.9 Å². The molecule has 294 valence electrons. The number of para-hydroxylation sites is 4. The van der Waals surface area contributed by atoms with E-state index in [0.717, 1.165) is 60.6 Å². The number of aromatic nitrogens is 4. The number of nitrogens with zero attached hydrogens (tertiary/aromatic N) is 4. The molecule has 0 N–H and O–H groups in total. The largest absolute Gasteiger partial charge is 0.319 e.